The molecule has 1 spiro atoms. The van der Waals surface area contributed by atoms with Crippen molar-refractivity contribution in [3.05, 3.63) is 53.2 Å². The highest BCUT2D eigenvalue weighted by Gasteiger charge is 2.44. The number of hydrogen-bond donors (Lipinski definition) is 1. The second kappa shape index (κ2) is 6.33. The molecule has 1 fully saturated rings. The van der Waals surface area contributed by atoms with Crippen LogP contribution < -0.4 is 4.74 Å². The van der Waals surface area contributed by atoms with Gasteiger partial charge in [-0.1, -0.05) is 0 Å². The fraction of sp³-hybridized carbons (Fsp3) is 0.409. The number of piperidine rings is 1. The second-order valence-corrected chi connectivity index (χ2v) is 8.04. The van der Waals surface area contributed by atoms with Gasteiger partial charge in [0.1, 0.15) is 17.3 Å². The molecule has 6 heteroatoms. The standard InChI is InChI=1S/C22H24N4O2/c1-14-23-12-15-6-8-22(20(15)24-14)7-3-9-26(13-22)21(27)19-11-16-10-17(28-2)4-5-18(16)25-19/h4-5,10-12,25H,3,6-9,13H2,1-2H3. The van der Waals surface area contributed by atoms with Gasteiger partial charge in [0.2, 0.25) is 0 Å². The number of amides is 1. The molecule has 144 valence electrons. The van der Waals surface area contributed by atoms with Gasteiger partial charge in [0.15, 0.2) is 0 Å². The SMILES string of the molecule is COc1ccc2[nH]c(C(=O)N3CCCC4(CCc5cnc(C)nc54)C3)cc2c1. The van der Waals surface area contributed by atoms with Crippen LogP contribution in [-0.4, -0.2) is 46.0 Å². The average molecular weight is 376 g/mol. The lowest BCUT2D eigenvalue weighted by Gasteiger charge is -2.40. The maximum absolute atomic E-state index is 13.3. The van der Waals surface area contributed by atoms with Gasteiger partial charge in [0.25, 0.3) is 5.91 Å². The van der Waals surface area contributed by atoms with Crippen molar-refractivity contribution in [2.75, 3.05) is 20.2 Å². The molecule has 3 heterocycles. The van der Waals surface area contributed by atoms with Gasteiger partial charge in [-0.05, 0) is 62.4 Å². The lowest BCUT2D eigenvalue weighted by molar-refractivity contribution is 0.0628. The molecule has 1 N–H and O–H groups in total. The van der Waals surface area contributed by atoms with E-state index in [-0.39, 0.29) is 11.3 Å². The molecule has 5 rings (SSSR count). The van der Waals surface area contributed by atoms with E-state index in [2.05, 4.69) is 9.97 Å². The first-order valence-corrected chi connectivity index (χ1v) is 9.87. The number of carbonyl (C=O) groups excluding carboxylic acids is 1. The number of carbonyl (C=O) groups is 1. The molecule has 0 radical (unpaired) electrons. The number of aryl methyl sites for hydroxylation is 2. The smallest absolute Gasteiger partial charge is 0.270 e. The molecule has 1 atom stereocenters. The number of hydrogen-bond acceptors (Lipinski definition) is 4. The van der Waals surface area contributed by atoms with Gasteiger partial charge in [-0.2, -0.15) is 0 Å². The Hall–Kier alpha value is -2.89. The van der Waals surface area contributed by atoms with Crippen LogP contribution in [0.15, 0.2) is 30.5 Å². The summed E-state index contributed by atoms with van der Waals surface area (Å²) >= 11 is 0. The van der Waals surface area contributed by atoms with Crippen molar-refractivity contribution in [2.45, 2.75) is 38.0 Å². The number of nitrogens with one attached hydrogen (secondary N) is 1. The van der Waals surface area contributed by atoms with Crippen molar-refractivity contribution in [3.63, 3.8) is 0 Å². The van der Waals surface area contributed by atoms with Gasteiger partial charge in [0.05, 0.1) is 12.8 Å². The molecule has 1 saturated heterocycles. The molecule has 3 aromatic rings. The van der Waals surface area contributed by atoms with Crippen LogP contribution in [-0.2, 0) is 11.8 Å². The normalized spacial score (nSPS) is 21.3. The van der Waals surface area contributed by atoms with E-state index in [0.29, 0.717) is 5.69 Å². The maximum atomic E-state index is 13.3. The Balaban J connectivity index is 1.45. The van der Waals surface area contributed by atoms with Crippen LogP contribution in [0.1, 0.15) is 46.8 Å². The Morgan fingerprint density at radius 2 is 2.18 bits per heavy atom. The van der Waals surface area contributed by atoms with Crippen molar-refractivity contribution in [3.8, 4) is 5.75 Å². The number of aromatic amines is 1. The molecule has 0 bridgehead atoms. The van der Waals surface area contributed by atoms with Gasteiger partial charge in [-0.25, -0.2) is 9.97 Å². The molecule has 2 aromatic heterocycles. The van der Waals surface area contributed by atoms with E-state index in [0.717, 1.165) is 61.2 Å². The Kier molecular flexibility index (Phi) is 3.89. The summed E-state index contributed by atoms with van der Waals surface area (Å²) in [6.45, 7) is 3.46. The van der Waals surface area contributed by atoms with Gasteiger partial charge in [-0.3, -0.25) is 4.79 Å². The average Bonchev–Trinajstić information content (AvgIpc) is 3.29. The lowest BCUT2D eigenvalue weighted by Crippen LogP contribution is -2.48. The molecule has 1 aromatic carbocycles. The number of fused-ring (bicyclic) bond motifs is 3. The number of likely N-dealkylation sites (tertiary alicyclic amines) is 1. The molecule has 6 nitrogen and oxygen atoms in total. The van der Waals surface area contributed by atoms with Crippen LogP contribution in [0.4, 0.5) is 0 Å². The predicted molar refractivity (Wildman–Crippen MR) is 107 cm³/mol. The van der Waals surface area contributed by atoms with Crippen molar-refractivity contribution < 1.29 is 9.53 Å². The van der Waals surface area contributed by atoms with E-state index in [1.165, 1.54) is 11.3 Å². The number of benzene rings is 1. The third-order valence-corrected chi connectivity index (χ3v) is 6.28. The Morgan fingerprint density at radius 1 is 1.29 bits per heavy atom. The fourth-order valence-electron chi connectivity index (χ4n) is 4.86. The van der Waals surface area contributed by atoms with Gasteiger partial charge >= 0.3 is 0 Å². The van der Waals surface area contributed by atoms with E-state index < -0.39 is 0 Å². The van der Waals surface area contributed by atoms with Crippen molar-refractivity contribution in [1.29, 1.82) is 0 Å². The topological polar surface area (TPSA) is 71.1 Å². The summed E-state index contributed by atoms with van der Waals surface area (Å²) in [5, 5.41) is 0.990. The van der Waals surface area contributed by atoms with E-state index in [4.69, 9.17) is 9.72 Å². The molecule has 0 saturated carbocycles. The number of rotatable bonds is 2. The summed E-state index contributed by atoms with van der Waals surface area (Å²) in [7, 11) is 1.65. The molecular weight excluding hydrogens is 352 g/mol. The maximum Gasteiger partial charge on any atom is 0.270 e. The predicted octanol–water partition coefficient (Wildman–Crippen LogP) is 3.40. The Morgan fingerprint density at radius 3 is 3.04 bits per heavy atom. The summed E-state index contributed by atoms with van der Waals surface area (Å²) in [5.41, 5.74) is 3.98. The first-order chi connectivity index (χ1) is 13.6. The summed E-state index contributed by atoms with van der Waals surface area (Å²) < 4.78 is 5.29. The highest BCUT2D eigenvalue weighted by atomic mass is 16.5. The molecule has 28 heavy (non-hydrogen) atoms. The third kappa shape index (κ3) is 2.66. The van der Waals surface area contributed by atoms with Crippen LogP contribution in [0.3, 0.4) is 0 Å². The van der Waals surface area contributed by atoms with E-state index >= 15 is 0 Å². The van der Waals surface area contributed by atoms with Crippen molar-refractivity contribution >= 4 is 16.8 Å². The quantitative estimate of drug-likeness (QED) is 0.744. The van der Waals surface area contributed by atoms with E-state index in [9.17, 15) is 4.79 Å². The summed E-state index contributed by atoms with van der Waals surface area (Å²) in [5.74, 6) is 1.67. The highest BCUT2D eigenvalue weighted by molar-refractivity contribution is 5.98. The second-order valence-electron chi connectivity index (χ2n) is 8.04. The highest BCUT2D eigenvalue weighted by Crippen LogP contribution is 2.44. The first kappa shape index (κ1) is 17.2. The van der Waals surface area contributed by atoms with Crippen molar-refractivity contribution in [1.82, 2.24) is 19.9 Å². The Bertz CT molecular complexity index is 1070. The van der Waals surface area contributed by atoms with Crippen LogP contribution in [0.25, 0.3) is 10.9 Å². The first-order valence-electron chi connectivity index (χ1n) is 9.87. The lowest BCUT2D eigenvalue weighted by atomic mass is 9.77. The van der Waals surface area contributed by atoms with Gasteiger partial charge in [-0.15, -0.1) is 0 Å². The zero-order valence-corrected chi connectivity index (χ0v) is 16.3. The number of H-pyrrole nitrogens is 1. The van der Waals surface area contributed by atoms with Crippen LogP contribution in [0, 0.1) is 6.92 Å². The molecule has 1 unspecified atom stereocenters. The third-order valence-electron chi connectivity index (χ3n) is 6.28. The zero-order chi connectivity index (χ0) is 19.3. The van der Waals surface area contributed by atoms with E-state index in [1.807, 2.05) is 42.3 Å². The summed E-state index contributed by atoms with van der Waals surface area (Å²) in [4.78, 5) is 27.7. The minimum absolute atomic E-state index is 0.0216. The monoisotopic (exact) mass is 376 g/mol. The number of methoxy groups -OCH3 is 1. The fourth-order valence-corrected chi connectivity index (χ4v) is 4.86. The summed E-state index contributed by atoms with van der Waals surface area (Å²) in [6, 6.07) is 7.74. The van der Waals surface area contributed by atoms with E-state index in [1.54, 1.807) is 7.11 Å². The Labute approximate surface area is 163 Å². The number of nitrogens with zero attached hydrogens (tertiary/aromatic N) is 3. The van der Waals surface area contributed by atoms with Gasteiger partial charge in [0, 0.05) is 35.6 Å². The van der Waals surface area contributed by atoms with Crippen LogP contribution >= 0.6 is 0 Å². The largest absolute Gasteiger partial charge is 0.497 e. The molecular formula is C22H24N4O2. The van der Waals surface area contributed by atoms with Crippen LogP contribution in [0.2, 0.25) is 0 Å². The number of aromatic nitrogens is 3. The molecule has 1 aliphatic heterocycles. The summed E-state index contributed by atoms with van der Waals surface area (Å²) in [6.07, 6.45) is 6.11. The molecule has 2 aliphatic rings. The minimum atomic E-state index is -0.0216. The molecule has 1 amide bonds. The van der Waals surface area contributed by atoms with Crippen molar-refractivity contribution in [2.24, 2.45) is 0 Å². The van der Waals surface area contributed by atoms with Crippen LogP contribution in [0.5, 0.6) is 5.75 Å². The zero-order valence-electron chi connectivity index (χ0n) is 16.3. The minimum Gasteiger partial charge on any atom is -0.497 e. The molecule has 1 aliphatic carbocycles. The van der Waals surface area contributed by atoms with Gasteiger partial charge < -0.3 is 14.6 Å². The number of ether oxygens (including phenoxy) is 1.